The molecule has 1 aromatic carbocycles. The summed E-state index contributed by atoms with van der Waals surface area (Å²) in [6.07, 6.45) is 0.769. The van der Waals surface area contributed by atoms with E-state index in [1.165, 1.54) is 0 Å². The standard InChI is InChI=1S/C14H18ClN3O2/c15-12-4-2-11(3-5-12)14(20)18-7-1-6-17(8-9-18)13(19)10-16/h2-5H,1,6-10,16H2. The molecule has 2 N–H and O–H groups in total. The van der Waals surface area contributed by atoms with Crippen LogP contribution < -0.4 is 5.73 Å². The van der Waals surface area contributed by atoms with Crippen molar-refractivity contribution in [3.8, 4) is 0 Å². The normalized spacial score (nSPS) is 15.9. The Labute approximate surface area is 123 Å². The van der Waals surface area contributed by atoms with Gasteiger partial charge in [-0.05, 0) is 30.7 Å². The summed E-state index contributed by atoms with van der Waals surface area (Å²) < 4.78 is 0. The second kappa shape index (κ2) is 6.72. The van der Waals surface area contributed by atoms with Crippen molar-refractivity contribution in [2.75, 3.05) is 32.7 Å². The Morgan fingerprint density at radius 2 is 1.65 bits per heavy atom. The summed E-state index contributed by atoms with van der Waals surface area (Å²) in [5, 5.41) is 0.608. The molecule has 1 aliphatic rings. The summed E-state index contributed by atoms with van der Waals surface area (Å²) in [7, 11) is 0. The number of amides is 2. The lowest BCUT2D eigenvalue weighted by atomic mass is 10.2. The van der Waals surface area contributed by atoms with Crippen LogP contribution in [-0.2, 0) is 4.79 Å². The average Bonchev–Trinajstić information content (AvgIpc) is 2.72. The highest BCUT2D eigenvalue weighted by Gasteiger charge is 2.22. The first kappa shape index (κ1) is 14.8. The Kier molecular flexibility index (Phi) is 4.98. The molecule has 1 aliphatic heterocycles. The van der Waals surface area contributed by atoms with Crippen LogP contribution in [0.15, 0.2) is 24.3 Å². The molecule has 0 spiro atoms. The molecule has 1 heterocycles. The monoisotopic (exact) mass is 295 g/mol. The largest absolute Gasteiger partial charge is 0.340 e. The van der Waals surface area contributed by atoms with Gasteiger partial charge >= 0.3 is 0 Å². The minimum Gasteiger partial charge on any atom is -0.340 e. The molecule has 1 aromatic rings. The highest BCUT2D eigenvalue weighted by molar-refractivity contribution is 6.30. The molecule has 1 saturated heterocycles. The van der Waals surface area contributed by atoms with Gasteiger partial charge in [-0.25, -0.2) is 0 Å². The molecular weight excluding hydrogens is 278 g/mol. The third kappa shape index (κ3) is 3.49. The van der Waals surface area contributed by atoms with Crippen molar-refractivity contribution in [1.29, 1.82) is 0 Å². The van der Waals surface area contributed by atoms with Crippen LogP contribution in [0.25, 0.3) is 0 Å². The third-order valence-electron chi connectivity index (χ3n) is 3.40. The Bertz CT molecular complexity index is 490. The van der Waals surface area contributed by atoms with E-state index < -0.39 is 0 Å². The number of benzene rings is 1. The molecule has 0 aliphatic carbocycles. The number of nitrogens with two attached hydrogens (primary N) is 1. The second-order valence-corrected chi connectivity index (χ2v) is 5.17. The van der Waals surface area contributed by atoms with Crippen molar-refractivity contribution >= 4 is 23.4 Å². The van der Waals surface area contributed by atoms with Crippen molar-refractivity contribution in [3.63, 3.8) is 0 Å². The van der Waals surface area contributed by atoms with Gasteiger partial charge in [-0.3, -0.25) is 9.59 Å². The second-order valence-electron chi connectivity index (χ2n) is 4.74. The summed E-state index contributed by atoms with van der Waals surface area (Å²) in [6, 6.07) is 6.85. The van der Waals surface area contributed by atoms with Crippen LogP contribution in [0.3, 0.4) is 0 Å². The number of carbonyl (C=O) groups is 2. The molecule has 108 valence electrons. The van der Waals surface area contributed by atoms with Crippen LogP contribution in [-0.4, -0.2) is 54.3 Å². The fraction of sp³-hybridized carbons (Fsp3) is 0.429. The van der Waals surface area contributed by atoms with E-state index in [0.29, 0.717) is 36.8 Å². The first-order valence-corrected chi connectivity index (χ1v) is 7.02. The minimum absolute atomic E-state index is 0.0190. The summed E-state index contributed by atoms with van der Waals surface area (Å²) in [6.45, 7) is 2.39. The predicted molar refractivity (Wildman–Crippen MR) is 77.6 cm³/mol. The van der Waals surface area contributed by atoms with E-state index in [-0.39, 0.29) is 18.4 Å². The minimum atomic E-state index is -0.0641. The number of rotatable bonds is 2. The van der Waals surface area contributed by atoms with E-state index in [1.54, 1.807) is 34.1 Å². The van der Waals surface area contributed by atoms with E-state index in [9.17, 15) is 9.59 Å². The molecule has 0 aromatic heterocycles. The number of hydrogen-bond donors (Lipinski definition) is 1. The first-order chi connectivity index (χ1) is 9.61. The molecule has 0 radical (unpaired) electrons. The lowest BCUT2D eigenvalue weighted by molar-refractivity contribution is -0.129. The molecule has 2 rings (SSSR count). The van der Waals surface area contributed by atoms with Crippen molar-refractivity contribution < 1.29 is 9.59 Å². The van der Waals surface area contributed by atoms with Gasteiger partial charge in [0.15, 0.2) is 0 Å². The van der Waals surface area contributed by atoms with E-state index in [4.69, 9.17) is 17.3 Å². The molecule has 0 bridgehead atoms. The van der Waals surface area contributed by atoms with Gasteiger partial charge in [0.05, 0.1) is 6.54 Å². The van der Waals surface area contributed by atoms with E-state index >= 15 is 0 Å². The lowest BCUT2D eigenvalue weighted by Gasteiger charge is -2.22. The molecule has 1 fully saturated rings. The Balaban J connectivity index is 2.01. The Morgan fingerprint density at radius 3 is 2.30 bits per heavy atom. The zero-order valence-electron chi connectivity index (χ0n) is 11.2. The Morgan fingerprint density at radius 1 is 1.05 bits per heavy atom. The van der Waals surface area contributed by atoms with Crippen molar-refractivity contribution in [3.05, 3.63) is 34.9 Å². The van der Waals surface area contributed by atoms with Gasteiger partial charge in [0.25, 0.3) is 5.91 Å². The van der Waals surface area contributed by atoms with Gasteiger partial charge in [-0.1, -0.05) is 11.6 Å². The number of halogens is 1. The zero-order chi connectivity index (χ0) is 14.5. The van der Waals surface area contributed by atoms with E-state index in [1.807, 2.05) is 0 Å². The average molecular weight is 296 g/mol. The molecular formula is C14H18ClN3O2. The van der Waals surface area contributed by atoms with Gasteiger partial charge in [0.1, 0.15) is 0 Å². The number of nitrogens with zero attached hydrogens (tertiary/aromatic N) is 2. The first-order valence-electron chi connectivity index (χ1n) is 6.64. The molecule has 0 saturated carbocycles. The molecule has 2 amide bonds. The molecule has 5 nitrogen and oxygen atoms in total. The SMILES string of the molecule is NCC(=O)N1CCCN(C(=O)c2ccc(Cl)cc2)CC1. The van der Waals surface area contributed by atoms with Crippen LogP contribution in [0, 0.1) is 0 Å². The van der Waals surface area contributed by atoms with Gasteiger partial charge in [0.2, 0.25) is 5.91 Å². The van der Waals surface area contributed by atoms with Crippen LogP contribution in [0.1, 0.15) is 16.8 Å². The fourth-order valence-corrected chi connectivity index (χ4v) is 2.40. The summed E-state index contributed by atoms with van der Waals surface area (Å²) in [5.74, 6) is -0.0884. The van der Waals surface area contributed by atoms with Crippen molar-refractivity contribution in [2.45, 2.75) is 6.42 Å². The smallest absolute Gasteiger partial charge is 0.253 e. The summed E-state index contributed by atoms with van der Waals surface area (Å²) in [5.41, 5.74) is 5.99. The van der Waals surface area contributed by atoms with Gasteiger partial charge in [-0.2, -0.15) is 0 Å². The topological polar surface area (TPSA) is 66.6 Å². The number of hydrogen-bond acceptors (Lipinski definition) is 3. The third-order valence-corrected chi connectivity index (χ3v) is 3.65. The molecule has 6 heteroatoms. The van der Waals surface area contributed by atoms with Gasteiger partial charge in [0, 0.05) is 36.8 Å². The van der Waals surface area contributed by atoms with Crippen LogP contribution >= 0.6 is 11.6 Å². The predicted octanol–water partition coefficient (Wildman–Crippen LogP) is 0.973. The highest BCUT2D eigenvalue weighted by atomic mass is 35.5. The highest BCUT2D eigenvalue weighted by Crippen LogP contribution is 2.13. The van der Waals surface area contributed by atoms with Gasteiger partial charge < -0.3 is 15.5 Å². The molecule has 20 heavy (non-hydrogen) atoms. The lowest BCUT2D eigenvalue weighted by Crippen LogP contribution is -2.39. The molecule has 0 atom stereocenters. The quantitative estimate of drug-likeness (QED) is 0.884. The maximum Gasteiger partial charge on any atom is 0.253 e. The molecule has 0 unspecified atom stereocenters. The van der Waals surface area contributed by atoms with Crippen LogP contribution in [0.2, 0.25) is 5.02 Å². The number of carbonyl (C=O) groups excluding carboxylic acids is 2. The van der Waals surface area contributed by atoms with E-state index in [0.717, 1.165) is 6.42 Å². The van der Waals surface area contributed by atoms with Crippen molar-refractivity contribution in [2.24, 2.45) is 5.73 Å². The summed E-state index contributed by atoms with van der Waals surface area (Å²) in [4.78, 5) is 27.4. The van der Waals surface area contributed by atoms with E-state index in [2.05, 4.69) is 0 Å². The van der Waals surface area contributed by atoms with Crippen LogP contribution in [0.4, 0.5) is 0 Å². The fourth-order valence-electron chi connectivity index (χ4n) is 2.27. The van der Waals surface area contributed by atoms with Crippen molar-refractivity contribution in [1.82, 2.24) is 9.80 Å². The van der Waals surface area contributed by atoms with Gasteiger partial charge in [-0.15, -0.1) is 0 Å². The maximum atomic E-state index is 12.4. The Hall–Kier alpha value is -1.59. The maximum absolute atomic E-state index is 12.4. The summed E-state index contributed by atoms with van der Waals surface area (Å²) >= 11 is 5.82. The zero-order valence-corrected chi connectivity index (χ0v) is 12.0. The van der Waals surface area contributed by atoms with Crippen LogP contribution in [0.5, 0.6) is 0 Å².